The molecule has 0 saturated carbocycles. The number of aromatic nitrogens is 3. The Morgan fingerprint density at radius 3 is 2.71 bits per heavy atom. The molecule has 1 atom stereocenters. The molecule has 0 saturated heterocycles. The van der Waals surface area contributed by atoms with Gasteiger partial charge in [-0.2, -0.15) is 11.8 Å². The summed E-state index contributed by atoms with van der Waals surface area (Å²) < 4.78 is 1.91. The minimum absolute atomic E-state index is 0.0125. The molecule has 5 heteroatoms. The van der Waals surface area contributed by atoms with E-state index < -0.39 is 0 Å². The van der Waals surface area contributed by atoms with Gasteiger partial charge in [0.25, 0.3) is 0 Å². The lowest BCUT2D eigenvalue weighted by Gasteiger charge is -2.17. The summed E-state index contributed by atoms with van der Waals surface area (Å²) >= 11 is 1.91. The van der Waals surface area contributed by atoms with Crippen molar-refractivity contribution in [3.05, 3.63) is 11.9 Å². The molecule has 1 heterocycles. The summed E-state index contributed by atoms with van der Waals surface area (Å²) in [6, 6.07) is 0. The van der Waals surface area contributed by atoms with E-state index in [1.807, 2.05) is 22.6 Å². The molecule has 0 amide bonds. The summed E-state index contributed by atoms with van der Waals surface area (Å²) in [7, 11) is 0. The molecule has 1 aromatic heterocycles. The summed E-state index contributed by atoms with van der Waals surface area (Å²) in [6.07, 6.45) is 5.36. The number of rotatable bonds is 6. The molecule has 0 aliphatic rings. The molecule has 1 N–H and O–H groups in total. The molecule has 0 aliphatic heterocycles. The fourth-order valence-electron chi connectivity index (χ4n) is 1.35. The summed E-state index contributed by atoms with van der Waals surface area (Å²) in [6.45, 7) is 10.5. The van der Waals surface area contributed by atoms with Gasteiger partial charge in [-0.3, -0.25) is 0 Å². The van der Waals surface area contributed by atoms with Gasteiger partial charge in [-0.15, -0.1) is 5.10 Å². The minimum Gasteiger partial charge on any atom is -0.311 e. The molecule has 17 heavy (non-hydrogen) atoms. The van der Waals surface area contributed by atoms with Crippen LogP contribution in [0.25, 0.3) is 0 Å². The second-order valence-electron chi connectivity index (χ2n) is 5.34. The number of nitrogens with zero attached hydrogens (tertiary/aromatic N) is 3. The summed E-state index contributed by atoms with van der Waals surface area (Å²) in [5, 5.41) is 12.4. The van der Waals surface area contributed by atoms with Crippen molar-refractivity contribution in [1.82, 2.24) is 20.3 Å². The van der Waals surface area contributed by atoms with Crippen LogP contribution in [0.3, 0.4) is 0 Å². The second kappa shape index (κ2) is 6.40. The van der Waals surface area contributed by atoms with Crippen molar-refractivity contribution in [2.24, 2.45) is 0 Å². The first-order chi connectivity index (χ1) is 7.93. The molecule has 0 aliphatic carbocycles. The van der Waals surface area contributed by atoms with Crippen LogP contribution in [0.15, 0.2) is 6.20 Å². The lowest BCUT2D eigenvalue weighted by Crippen LogP contribution is -2.22. The van der Waals surface area contributed by atoms with E-state index in [-0.39, 0.29) is 5.54 Å². The van der Waals surface area contributed by atoms with Gasteiger partial charge in [-0.25, -0.2) is 4.68 Å². The normalized spacial score (nSPS) is 13.9. The standard InChI is InChI=1S/C12H24N4S/c1-10(17-5)6-7-13-8-11-9-16(15-14-11)12(2,3)4/h9-10,13H,6-8H2,1-5H3. The quantitative estimate of drug-likeness (QED) is 0.793. The highest BCUT2D eigenvalue weighted by Crippen LogP contribution is 2.11. The largest absolute Gasteiger partial charge is 0.311 e. The van der Waals surface area contributed by atoms with Crippen molar-refractivity contribution in [3.8, 4) is 0 Å². The Hall–Kier alpha value is -0.550. The summed E-state index contributed by atoms with van der Waals surface area (Å²) in [4.78, 5) is 0. The SMILES string of the molecule is CSC(C)CCNCc1cn(C(C)(C)C)nn1. The van der Waals surface area contributed by atoms with Crippen molar-refractivity contribution in [2.45, 2.75) is 51.4 Å². The van der Waals surface area contributed by atoms with E-state index in [2.05, 4.69) is 49.6 Å². The van der Waals surface area contributed by atoms with Gasteiger partial charge in [0.1, 0.15) is 0 Å². The van der Waals surface area contributed by atoms with E-state index in [9.17, 15) is 0 Å². The van der Waals surface area contributed by atoms with E-state index >= 15 is 0 Å². The summed E-state index contributed by atoms with van der Waals surface area (Å²) in [5.74, 6) is 0. The van der Waals surface area contributed by atoms with Crippen LogP contribution in [0.5, 0.6) is 0 Å². The predicted octanol–water partition coefficient (Wildman–Crippen LogP) is 2.26. The summed E-state index contributed by atoms with van der Waals surface area (Å²) in [5.41, 5.74) is 1.02. The highest BCUT2D eigenvalue weighted by molar-refractivity contribution is 7.99. The first-order valence-electron chi connectivity index (χ1n) is 6.08. The molecular weight excluding hydrogens is 232 g/mol. The maximum absolute atomic E-state index is 4.16. The Bertz CT molecular complexity index is 329. The zero-order chi connectivity index (χ0) is 12.9. The molecule has 0 aromatic carbocycles. The first kappa shape index (κ1) is 14.5. The highest BCUT2D eigenvalue weighted by atomic mass is 32.2. The van der Waals surface area contributed by atoms with Crippen LogP contribution in [0.2, 0.25) is 0 Å². The van der Waals surface area contributed by atoms with Gasteiger partial charge in [-0.05, 0) is 40.0 Å². The van der Waals surface area contributed by atoms with E-state index in [4.69, 9.17) is 0 Å². The van der Waals surface area contributed by atoms with E-state index in [0.717, 1.165) is 18.8 Å². The number of hydrogen-bond donors (Lipinski definition) is 1. The van der Waals surface area contributed by atoms with Crippen molar-refractivity contribution in [1.29, 1.82) is 0 Å². The molecular formula is C12H24N4S. The average Bonchev–Trinajstić information content (AvgIpc) is 2.72. The molecule has 0 spiro atoms. The molecule has 0 radical (unpaired) electrons. The minimum atomic E-state index is 0.0125. The van der Waals surface area contributed by atoms with Crippen LogP contribution in [0, 0.1) is 0 Å². The van der Waals surface area contributed by atoms with E-state index in [1.165, 1.54) is 6.42 Å². The molecule has 0 fully saturated rings. The van der Waals surface area contributed by atoms with Gasteiger partial charge in [0.2, 0.25) is 0 Å². The van der Waals surface area contributed by atoms with Crippen molar-refractivity contribution in [3.63, 3.8) is 0 Å². The van der Waals surface area contributed by atoms with Crippen LogP contribution in [0.4, 0.5) is 0 Å². The highest BCUT2D eigenvalue weighted by Gasteiger charge is 2.14. The fourth-order valence-corrected chi connectivity index (χ4v) is 1.70. The maximum Gasteiger partial charge on any atom is 0.0965 e. The topological polar surface area (TPSA) is 42.7 Å². The molecule has 1 aromatic rings. The van der Waals surface area contributed by atoms with Gasteiger partial charge in [-0.1, -0.05) is 12.1 Å². The lowest BCUT2D eigenvalue weighted by molar-refractivity contribution is 0.347. The van der Waals surface area contributed by atoms with Crippen molar-refractivity contribution < 1.29 is 0 Å². The van der Waals surface area contributed by atoms with Gasteiger partial charge >= 0.3 is 0 Å². The molecule has 1 unspecified atom stereocenters. The smallest absolute Gasteiger partial charge is 0.0965 e. The Morgan fingerprint density at radius 2 is 2.18 bits per heavy atom. The van der Waals surface area contributed by atoms with Crippen LogP contribution >= 0.6 is 11.8 Å². The van der Waals surface area contributed by atoms with E-state index in [1.54, 1.807) is 0 Å². The van der Waals surface area contributed by atoms with Crippen LogP contribution < -0.4 is 5.32 Å². The van der Waals surface area contributed by atoms with Crippen LogP contribution in [0.1, 0.15) is 39.8 Å². The Labute approximate surface area is 109 Å². The van der Waals surface area contributed by atoms with E-state index in [0.29, 0.717) is 5.25 Å². The molecule has 4 nitrogen and oxygen atoms in total. The van der Waals surface area contributed by atoms with Gasteiger partial charge in [0.05, 0.1) is 17.4 Å². The first-order valence-corrected chi connectivity index (χ1v) is 7.37. The monoisotopic (exact) mass is 256 g/mol. The molecule has 0 bridgehead atoms. The third kappa shape index (κ3) is 5.08. The number of thioether (sulfide) groups is 1. The third-order valence-electron chi connectivity index (χ3n) is 2.66. The number of hydrogen-bond acceptors (Lipinski definition) is 4. The maximum atomic E-state index is 4.16. The Balaban J connectivity index is 2.31. The Morgan fingerprint density at radius 1 is 1.47 bits per heavy atom. The van der Waals surface area contributed by atoms with Gasteiger partial charge in [0, 0.05) is 11.8 Å². The van der Waals surface area contributed by atoms with Gasteiger partial charge < -0.3 is 5.32 Å². The number of nitrogens with one attached hydrogen (secondary N) is 1. The van der Waals surface area contributed by atoms with Crippen molar-refractivity contribution in [2.75, 3.05) is 12.8 Å². The zero-order valence-electron chi connectivity index (χ0n) is 11.5. The Kier molecular flexibility index (Phi) is 5.46. The molecule has 1 rings (SSSR count). The second-order valence-corrected chi connectivity index (χ2v) is 6.61. The van der Waals surface area contributed by atoms with Crippen LogP contribution in [-0.2, 0) is 12.1 Å². The zero-order valence-corrected chi connectivity index (χ0v) is 12.3. The molecule has 98 valence electrons. The predicted molar refractivity (Wildman–Crippen MR) is 74.3 cm³/mol. The van der Waals surface area contributed by atoms with Crippen LogP contribution in [-0.4, -0.2) is 33.0 Å². The lowest BCUT2D eigenvalue weighted by atomic mass is 10.1. The fraction of sp³-hybridized carbons (Fsp3) is 0.833. The van der Waals surface area contributed by atoms with Crippen molar-refractivity contribution >= 4 is 11.8 Å². The van der Waals surface area contributed by atoms with Gasteiger partial charge in [0.15, 0.2) is 0 Å². The third-order valence-corrected chi connectivity index (χ3v) is 3.70. The average molecular weight is 256 g/mol.